The van der Waals surface area contributed by atoms with E-state index in [1.165, 1.54) is 0 Å². The number of aliphatic imine (C=N–C) groups is 1. The van der Waals surface area contributed by atoms with Crippen molar-refractivity contribution >= 4 is 11.9 Å². The molecule has 0 saturated carbocycles. The lowest BCUT2D eigenvalue weighted by Crippen LogP contribution is -2.53. The molecule has 0 spiro atoms. The van der Waals surface area contributed by atoms with Crippen molar-refractivity contribution in [1.82, 2.24) is 25.1 Å². The van der Waals surface area contributed by atoms with Crippen LogP contribution >= 0.6 is 0 Å². The third-order valence-electron chi connectivity index (χ3n) is 6.23. The minimum Gasteiger partial charge on any atom is -0.356 e. The van der Waals surface area contributed by atoms with Crippen LogP contribution in [0, 0.1) is 11.7 Å². The molecule has 4 rings (SSSR count). The van der Waals surface area contributed by atoms with Gasteiger partial charge in [-0.2, -0.15) is 0 Å². The van der Waals surface area contributed by atoms with Gasteiger partial charge in [0.2, 0.25) is 5.95 Å². The Morgan fingerprint density at radius 2 is 1.74 bits per heavy atom. The summed E-state index contributed by atoms with van der Waals surface area (Å²) in [6.07, 6.45) is 5.82. The number of aromatic nitrogens is 2. The first kappa shape index (κ1) is 21.5. The highest BCUT2D eigenvalue weighted by atomic mass is 19.1. The third kappa shape index (κ3) is 5.70. The van der Waals surface area contributed by atoms with Crippen LogP contribution in [0.4, 0.5) is 10.3 Å². The Bertz CT molecular complexity index is 844. The Morgan fingerprint density at radius 1 is 1.03 bits per heavy atom. The zero-order chi connectivity index (χ0) is 21.5. The normalized spacial score (nSPS) is 19.0. The number of hydrogen-bond acceptors (Lipinski definition) is 5. The van der Waals surface area contributed by atoms with E-state index < -0.39 is 0 Å². The van der Waals surface area contributed by atoms with E-state index >= 15 is 0 Å². The summed E-state index contributed by atoms with van der Waals surface area (Å²) in [6.45, 7) is 7.23. The predicted octanol–water partition coefficient (Wildman–Crippen LogP) is 2.23. The van der Waals surface area contributed by atoms with E-state index in [0.29, 0.717) is 12.5 Å². The van der Waals surface area contributed by atoms with Crippen LogP contribution < -0.4 is 10.2 Å². The van der Waals surface area contributed by atoms with Crippen molar-refractivity contribution in [2.45, 2.75) is 19.4 Å². The van der Waals surface area contributed by atoms with Gasteiger partial charge in [0, 0.05) is 64.3 Å². The van der Waals surface area contributed by atoms with Crippen molar-refractivity contribution in [1.29, 1.82) is 0 Å². The first-order chi connectivity index (χ1) is 15.2. The molecule has 2 aliphatic heterocycles. The number of piperidine rings is 1. The zero-order valence-electron chi connectivity index (χ0n) is 18.3. The van der Waals surface area contributed by atoms with Crippen molar-refractivity contribution in [3.63, 3.8) is 0 Å². The summed E-state index contributed by atoms with van der Waals surface area (Å²) in [5.74, 6) is 2.29. The van der Waals surface area contributed by atoms with Gasteiger partial charge in [0.15, 0.2) is 5.96 Å². The molecule has 166 valence electrons. The maximum atomic E-state index is 13.9. The van der Waals surface area contributed by atoms with Crippen LogP contribution in [0.25, 0.3) is 0 Å². The minimum atomic E-state index is -0.103. The van der Waals surface area contributed by atoms with Gasteiger partial charge in [-0.3, -0.25) is 9.89 Å². The molecule has 0 aliphatic carbocycles. The van der Waals surface area contributed by atoms with E-state index in [1.54, 1.807) is 24.5 Å². The van der Waals surface area contributed by atoms with Gasteiger partial charge in [0.1, 0.15) is 5.82 Å². The van der Waals surface area contributed by atoms with Crippen molar-refractivity contribution in [2.24, 2.45) is 10.9 Å². The SMILES string of the molecule is CN=C(NCC1CCN(Cc2ccccc2F)CC1)N1CCN(c2ncccn2)CC1. The maximum absolute atomic E-state index is 13.9. The van der Waals surface area contributed by atoms with E-state index in [2.05, 4.69) is 35.0 Å². The van der Waals surface area contributed by atoms with Crippen LogP contribution in [-0.2, 0) is 6.54 Å². The van der Waals surface area contributed by atoms with E-state index in [0.717, 1.165) is 76.1 Å². The fourth-order valence-corrected chi connectivity index (χ4v) is 4.36. The van der Waals surface area contributed by atoms with Crippen molar-refractivity contribution < 1.29 is 4.39 Å². The van der Waals surface area contributed by atoms with Crippen LogP contribution in [0.5, 0.6) is 0 Å². The van der Waals surface area contributed by atoms with Crippen LogP contribution in [0.1, 0.15) is 18.4 Å². The van der Waals surface area contributed by atoms with E-state index in [9.17, 15) is 4.39 Å². The second kappa shape index (κ2) is 10.5. The van der Waals surface area contributed by atoms with Crippen LogP contribution in [-0.4, -0.2) is 78.6 Å². The fraction of sp³-hybridized carbons (Fsp3) is 0.522. The first-order valence-corrected chi connectivity index (χ1v) is 11.2. The van der Waals surface area contributed by atoms with Gasteiger partial charge in [0.25, 0.3) is 0 Å². The number of hydrogen-bond donors (Lipinski definition) is 1. The van der Waals surface area contributed by atoms with E-state index in [-0.39, 0.29) is 5.82 Å². The van der Waals surface area contributed by atoms with Gasteiger partial charge < -0.3 is 15.1 Å². The number of likely N-dealkylation sites (tertiary alicyclic amines) is 1. The number of halogens is 1. The number of benzene rings is 1. The molecule has 2 aliphatic rings. The molecule has 31 heavy (non-hydrogen) atoms. The molecule has 0 unspecified atom stereocenters. The topological polar surface area (TPSA) is 59.9 Å². The number of nitrogens with zero attached hydrogens (tertiary/aromatic N) is 6. The molecule has 0 atom stereocenters. The zero-order valence-corrected chi connectivity index (χ0v) is 18.3. The summed E-state index contributed by atoms with van der Waals surface area (Å²) in [7, 11) is 1.85. The maximum Gasteiger partial charge on any atom is 0.225 e. The Labute approximate surface area is 184 Å². The molecule has 0 radical (unpaired) electrons. The molecule has 0 bridgehead atoms. The summed E-state index contributed by atoms with van der Waals surface area (Å²) in [5.41, 5.74) is 0.791. The third-order valence-corrected chi connectivity index (χ3v) is 6.23. The molecule has 2 saturated heterocycles. The predicted molar refractivity (Wildman–Crippen MR) is 122 cm³/mol. The summed E-state index contributed by atoms with van der Waals surface area (Å²) >= 11 is 0. The van der Waals surface area contributed by atoms with Crippen molar-refractivity contribution in [2.75, 3.05) is 57.8 Å². The summed E-state index contributed by atoms with van der Waals surface area (Å²) in [6, 6.07) is 8.93. The number of nitrogens with one attached hydrogen (secondary N) is 1. The quantitative estimate of drug-likeness (QED) is 0.586. The minimum absolute atomic E-state index is 0.103. The molecule has 1 N–H and O–H groups in total. The average molecular weight is 426 g/mol. The van der Waals surface area contributed by atoms with Gasteiger partial charge in [-0.25, -0.2) is 14.4 Å². The summed E-state index contributed by atoms with van der Waals surface area (Å²) < 4.78 is 13.9. The van der Waals surface area contributed by atoms with Gasteiger partial charge >= 0.3 is 0 Å². The molecule has 1 aromatic carbocycles. The molecule has 0 amide bonds. The van der Waals surface area contributed by atoms with Gasteiger partial charge in [-0.1, -0.05) is 18.2 Å². The van der Waals surface area contributed by atoms with E-state index in [1.807, 2.05) is 25.2 Å². The van der Waals surface area contributed by atoms with Crippen molar-refractivity contribution in [3.05, 3.63) is 54.1 Å². The molecular weight excluding hydrogens is 393 g/mol. The second-order valence-corrected chi connectivity index (χ2v) is 8.26. The summed E-state index contributed by atoms with van der Waals surface area (Å²) in [5, 5.41) is 3.58. The molecule has 2 fully saturated rings. The molecule has 3 heterocycles. The highest BCUT2D eigenvalue weighted by Gasteiger charge is 2.23. The summed E-state index contributed by atoms with van der Waals surface area (Å²) in [4.78, 5) is 20.1. The van der Waals surface area contributed by atoms with Crippen molar-refractivity contribution in [3.8, 4) is 0 Å². The number of piperazine rings is 1. The van der Waals surface area contributed by atoms with Crippen LogP contribution in [0.3, 0.4) is 0 Å². The highest BCUT2D eigenvalue weighted by Crippen LogP contribution is 2.19. The first-order valence-electron chi connectivity index (χ1n) is 11.2. The largest absolute Gasteiger partial charge is 0.356 e. The highest BCUT2D eigenvalue weighted by molar-refractivity contribution is 5.80. The number of guanidine groups is 1. The molecular formula is C23H32FN7. The Morgan fingerprint density at radius 3 is 2.42 bits per heavy atom. The molecule has 8 heteroatoms. The molecule has 7 nitrogen and oxygen atoms in total. The number of anilines is 1. The second-order valence-electron chi connectivity index (χ2n) is 8.26. The van der Waals surface area contributed by atoms with Gasteiger partial charge in [0.05, 0.1) is 0 Å². The Balaban J connectivity index is 1.19. The lowest BCUT2D eigenvalue weighted by atomic mass is 9.96. The lowest BCUT2D eigenvalue weighted by molar-refractivity contribution is 0.175. The van der Waals surface area contributed by atoms with Gasteiger partial charge in [-0.15, -0.1) is 0 Å². The average Bonchev–Trinajstić information content (AvgIpc) is 2.83. The van der Waals surface area contributed by atoms with Gasteiger partial charge in [-0.05, 0) is 44.0 Å². The lowest BCUT2D eigenvalue weighted by Gasteiger charge is -2.37. The Kier molecular flexibility index (Phi) is 7.30. The molecule has 1 aromatic heterocycles. The Hall–Kier alpha value is -2.74. The smallest absolute Gasteiger partial charge is 0.225 e. The standard InChI is InChI=1S/C23H32FN7/c1-25-22(30-13-15-31(16-14-30)23-26-9-4-10-27-23)28-17-19-7-11-29(12-8-19)18-20-5-2-3-6-21(20)24/h2-6,9-10,19H,7-8,11-18H2,1H3,(H,25,28). The fourth-order valence-electron chi connectivity index (χ4n) is 4.36. The molecule has 2 aromatic rings. The van der Waals surface area contributed by atoms with Crippen LogP contribution in [0.2, 0.25) is 0 Å². The number of rotatable bonds is 5. The van der Waals surface area contributed by atoms with Crippen LogP contribution in [0.15, 0.2) is 47.7 Å². The van der Waals surface area contributed by atoms with E-state index in [4.69, 9.17) is 0 Å². The monoisotopic (exact) mass is 425 g/mol.